The lowest BCUT2D eigenvalue weighted by molar-refractivity contribution is -0.0118. The van der Waals surface area contributed by atoms with E-state index in [1.807, 2.05) is 13.0 Å². The summed E-state index contributed by atoms with van der Waals surface area (Å²) in [6.45, 7) is 1.97. The second-order valence-corrected chi connectivity index (χ2v) is 8.08. The molecule has 0 radical (unpaired) electrons. The van der Waals surface area contributed by atoms with Crippen LogP contribution < -0.4 is 0 Å². The molecule has 0 unspecified atom stereocenters. The van der Waals surface area contributed by atoms with Gasteiger partial charge in [-0.25, -0.2) is 0 Å². The fourth-order valence-electron chi connectivity index (χ4n) is 4.45. The Hall–Kier alpha value is -0.240. The normalized spacial score (nSPS) is 34.3. The summed E-state index contributed by atoms with van der Waals surface area (Å²) in [6, 6.07) is 6.16. The van der Waals surface area contributed by atoms with Crippen LogP contribution in [0.15, 0.2) is 18.2 Å². The van der Waals surface area contributed by atoms with Gasteiger partial charge < -0.3 is 5.11 Å². The Morgan fingerprint density at radius 1 is 1.00 bits per heavy atom. The summed E-state index contributed by atoms with van der Waals surface area (Å²) in [5.41, 5.74) is 1.02. The Labute approximate surface area is 137 Å². The molecule has 1 aromatic rings. The van der Waals surface area contributed by atoms with Gasteiger partial charge in [-0.1, -0.05) is 42.1 Å². The van der Waals surface area contributed by atoms with E-state index in [1.165, 1.54) is 31.2 Å². The summed E-state index contributed by atoms with van der Waals surface area (Å²) in [7, 11) is 0. The number of benzene rings is 1. The van der Waals surface area contributed by atoms with Gasteiger partial charge in [0.1, 0.15) is 0 Å². The molecule has 0 aromatic heterocycles. The van der Waals surface area contributed by atoms with Gasteiger partial charge in [0.25, 0.3) is 0 Å². The van der Waals surface area contributed by atoms with Gasteiger partial charge in [-0.05, 0) is 74.5 Å². The van der Waals surface area contributed by atoms with Crippen LogP contribution in [0, 0.1) is 5.92 Å². The largest absolute Gasteiger partial charge is 0.390 e. The molecule has 0 saturated heterocycles. The van der Waals surface area contributed by atoms with Gasteiger partial charge in [-0.15, -0.1) is 0 Å². The third-order valence-corrected chi connectivity index (χ3v) is 6.59. The minimum absolute atomic E-state index is 0.187. The Morgan fingerprint density at radius 2 is 1.62 bits per heavy atom. The minimum Gasteiger partial charge on any atom is -0.390 e. The highest BCUT2D eigenvalue weighted by Crippen LogP contribution is 2.53. The molecule has 116 valence electrons. The fourth-order valence-corrected chi connectivity index (χ4v) is 4.75. The number of halogens is 2. The van der Waals surface area contributed by atoms with E-state index in [0.29, 0.717) is 10.0 Å². The van der Waals surface area contributed by atoms with Gasteiger partial charge >= 0.3 is 0 Å². The first kappa shape index (κ1) is 15.6. The van der Waals surface area contributed by atoms with E-state index >= 15 is 0 Å². The lowest BCUT2D eigenvalue weighted by Crippen LogP contribution is -2.43. The summed E-state index contributed by atoms with van der Waals surface area (Å²) >= 11 is 12.4. The van der Waals surface area contributed by atoms with Crippen LogP contribution in [0.4, 0.5) is 0 Å². The molecule has 0 spiro atoms. The molecule has 2 aliphatic carbocycles. The van der Waals surface area contributed by atoms with Crippen LogP contribution in [0.5, 0.6) is 0 Å². The molecule has 1 nitrogen and oxygen atoms in total. The van der Waals surface area contributed by atoms with Crippen molar-refractivity contribution < 1.29 is 5.11 Å². The predicted octanol–water partition coefficient (Wildman–Crippen LogP) is 5.75. The van der Waals surface area contributed by atoms with Crippen LogP contribution in [0.1, 0.15) is 63.9 Å². The summed E-state index contributed by atoms with van der Waals surface area (Å²) in [5, 5.41) is 11.6. The van der Waals surface area contributed by atoms with E-state index in [2.05, 4.69) is 12.1 Å². The molecule has 0 heterocycles. The zero-order valence-electron chi connectivity index (χ0n) is 12.7. The second-order valence-electron chi connectivity index (χ2n) is 7.26. The predicted molar refractivity (Wildman–Crippen MR) is 89.2 cm³/mol. The number of rotatable bonds is 2. The monoisotopic (exact) mass is 326 g/mol. The zero-order chi connectivity index (χ0) is 15.1. The van der Waals surface area contributed by atoms with E-state index in [-0.39, 0.29) is 5.41 Å². The van der Waals surface area contributed by atoms with Crippen molar-refractivity contribution in [1.82, 2.24) is 0 Å². The van der Waals surface area contributed by atoms with E-state index in [1.54, 1.807) is 0 Å². The molecule has 2 fully saturated rings. The highest BCUT2D eigenvalue weighted by Gasteiger charge is 2.46. The van der Waals surface area contributed by atoms with Crippen LogP contribution in [0.2, 0.25) is 10.0 Å². The summed E-state index contributed by atoms with van der Waals surface area (Å²) in [5.74, 6) is 0.728. The maximum absolute atomic E-state index is 10.3. The van der Waals surface area contributed by atoms with Crippen molar-refractivity contribution >= 4 is 23.2 Å². The molecule has 21 heavy (non-hydrogen) atoms. The maximum atomic E-state index is 10.3. The first-order valence-electron chi connectivity index (χ1n) is 8.11. The second kappa shape index (κ2) is 5.76. The number of aliphatic hydroxyl groups is 1. The quantitative estimate of drug-likeness (QED) is 0.733. The maximum Gasteiger partial charge on any atom is 0.0620 e. The lowest BCUT2D eigenvalue weighted by Gasteiger charge is -2.47. The van der Waals surface area contributed by atoms with Crippen LogP contribution in [-0.2, 0) is 5.41 Å². The molecule has 3 heteroatoms. The van der Waals surface area contributed by atoms with Crippen LogP contribution in [0.3, 0.4) is 0 Å². The Morgan fingerprint density at radius 3 is 2.19 bits per heavy atom. The molecule has 0 bridgehead atoms. The van der Waals surface area contributed by atoms with E-state index < -0.39 is 5.60 Å². The molecule has 1 N–H and O–H groups in total. The van der Waals surface area contributed by atoms with Gasteiger partial charge in [0.15, 0.2) is 0 Å². The Bertz CT molecular complexity index is 508. The van der Waals surface area contributed by atoms with E-state index in [0.717, 1.165) is 31.6 Å². The standard InChI is InChI=1S/C18H24Cl2O/c1-17(21)8-10-18(11-9-17,13-4-2-3-5-13)14-6-7-15(19)16(20)12-14/h6-7,12-13,21H,2-5,8-11H2,1H3. The average molecular weight is 327 g/mol. The van der Waals surface area contributed by atoms with E-state index in [9.17, 15) is 5.11 Å². The van der Waals surface area contributed by atoms with E-state index in [4.69, 9.17) is 23.2 Å². The van der Waals surface area contributed by atoms with Crippen LogP contribution in [-0.4, -0.2) is 10.7 Å². The van der Waals surface area contributed by atoms with Crippen molar-refractivity contribution in [1.29, 1.82) is 0 Å². The first-order chi connectivity index (χ1) is 9.93. The Kier molecular flexibility index (Phi) is 4.29. The van der Waals surface area contributed by atoms with Crippen molar-refractivity contribution in [2.45, 2.75) is 69.3 Å². The third kappa shape index (κ3) is 2.98. The van der Waals surface area contributed by atoms with Crippen molar-refractivity contribution in [3.8, 4) is 0 Å². The van der Waals surface area contributed by atoms with Gasteiger partial charge in [-0.3, -0.25) is 0 Å². The molecule has 2 aliphatic rings. The molecule has 3 rings (SSSR count). The summed E-state index contributed by atoms with van der Waals surface area (Å²) in [6.07, 6.45) is 9.16. The molecule has 0 amide bonds. The van der Waals surface area contributed by atoms with Gasteiger partial charge in [-0.2, -0.15) is 0 Å². The first-order valence-corrected chi connectivity index (χ1v) is 8.86. The van der Waals surface area contributed by atoms with Crippen LogP contribution in [0.25, 0.3) is 0 Å². The molecule has 0 aliphatic heterocycles. The minimum atomic E-state index is -0.502. The molecular weight excluding hydrogens is 303 g/mol. The van der Waals surface area contributed by atoms with Gasteiger partial charge in [0.05, 0.1) is 15.6 Å². The third-order valence-electron chi connectivity index (χ3n) is 5.85. The summed E-state index contributed by atoms with van der Waals surface area (Å²) in [4.78, 5) is 0. The van der Waals surface area contributed by atoms with Crippen molar-refractivity contribution in [2.24, 2.45) is 5.92 Å². The van der Waals surface area contributed by atoms with Crippen molar-refractivity contribution in [3.05, 3.63) is 33.8 Å². The van der Waals surface area contributed by atoms with Crippen LogP contribution >= 0.6 is 23.2 Å². The highest BCUT2D eigenvalue weighted by atomic mass is 35.5. The molecule has 1 aromatic carbocycles. The summed E-state index contributed by atoms with van der Waals surface area (Å²) < 4.78 is 0. The smallest absolute Gasteiger partial charge is 0.0620 e. The lowest BCUT2D eigenvalue weighted by atomic mass is 9.59. The molecule has 2 saturated carbocycles. The SMILES string of the molecule is CC1(O)CCC(c2ccc(Cl)c(Cl)c2)(C2CCCC2)CC1. The van der Waals surface area contributed by atoms with Crippen molar-refractivity contribution in [2.75, 3.05) is 0 Å². The van der Waals surface area contributed by atoms with Gasteiger partial charge in [0, 0.05) is 0 Å². The highest BCUT2D eigenvalue weighted by molar-refractivity contribution is 6.42. The number of hydrogen-bond acceptors (Lipinski definition) is 1. The van der Waals surface area contributed by atoms with Crippen molar-refractivity contribution in [3.63, 3.8) is 0 Å². The zero-order valence-corrected chi connectivity index (χ0v) is 14.2. The molecular formula is C18H24Cl2O. The fraction of sp³-hybridized carbons (Fsp3) is 0.667. The average Bonchev–Trinajstić information content (AvgIpc) is 2.97. The van der Waals surface area contributed by atoms with Gasteiger partial charge in [0.2, 0.25) is 0 Å². The molecule has 0 atom stereocenters. The number of hydrogen-bond donors (Lipinski definition) is 1. The topological polar surface area (TPSA) is 20.2 Å². The Balaban J connectivity index is 1.98.